The molecule has 1 aliphatic rings. The lowest BCUT2D eigenvalue weighted by Gasteiger charge is -2.18. The molecule has 1 aromatic carbocycles. The van der Waals surface area contributed by atoms with E-state index < -0.39 is 0 Å². The summed E-state index contributed by atoms with van der Waals surface area (Å²) in [5, 5.41) is 10.4. The normalized spacial score (nSPS) is 14.7. The van der Waals surface area contributed by atoms with E-state index in [1.807, 2.05) is 24.3 Å². The fourth-order valence-corrected chi connectivity index (χ4v) is 3.57. The molecule has 5 nitrogen and oxygen atoms in total. The number of rotatable bonds is 6. The highest BCUT2D eigenvalue weighted by atomic mass is 35.5. The van der Waals surface area contributed by atoms with Gasteiger partial charge in [-0.1, -0.05) is 29.4 Å². The second-order valence-corrected chi connectivity index (χ2v) is 6.63. The standard InChI is InChI=1S/C15H19ClN4OS/c1-21-9-10-22-15-18-17-14(19-7-2-3-8-19)20(15)13-6-4-5-12(16)11-13/h4-6,11H,2-3,7-10H2,1H3. The average molecular weight is 339 g/mol. The van der Waals surface area contributed by atoms with Gasteiger partial charge < -0.3 is 9.64 Å². The molecule has 2 aromatic rings. The van der Waals surface area contributed by atoms with Crippen molar-refractivity contribution < 1.29 is 4.74 Å². The van der Waals surface area contributed by atoms with Crippen LogP contribution < -0.4 is 4.90 Å². The van der Waals surface area contributed by atoms with E-state index in [1.54, 1.807) is 18.9 Å². The molecule has 1 saturated heterocycles. The second-order valence-electron chi connectivity index (χ2n) is 5.13. The Morgan fingerprint density at radius 3 is 2.82 bits per heavy atom. The van der Waals surface area contributed by atoms with Crippen LogP contribution in [0, 0.1) is 0 Å². The van der Waals surface area contributed by atoms with E-state index in [1.165, 1.54) is 12.8 Å². The van der Waals surface area contributed by atoms with Gasteiger partial charge in [-0.05, 0) is 31.0 Å². The Labute approximate surface area is 139 Å². The molecule has 1 fully saturated rings. The molecule has 0 bridgehead atoms. The number of aromatic nitrogens is 3. The van der Waals surface area contributed by atoms with Crippen LogP contribution in [-0.2, 0) is 4.74 Å². The highest BCUT2D eigenvalue weighted by Gasteiger charge is 2.22. The molecule has 1 aromatic heterocycles. The molecule has 0 aliphatic carbocycles. The van der Waals surface area contributed by atoms with E-state index in [0.29, 0.717) is 11.6 Å². The van der Waals surface area contributed by atoms with Gasteiger partial charge in [-0.2, -0.15) is 0 Å². The number of thioether (sulfide) groups is 1. The molecular weight excluding hydrogens is 320 g/mol. The van der Waals surface area contributed by atoms with Crippen molar-refractivity contribution in [2.75, 3.05) is 37.5 Å². The monoisotopic (exact) mass is 338 g/mol. The molecule has 0 radical (unpaired) electrons. The van der Waals surface area contributed by atoms with Gasteiger partial charge in [0.25, 0.3) is 0 Å². The van der Waals surface area contributed by atoms with Gasteiger partial charge in [-0.25, -0.2) is 0 Å². The Balaban J connectivity index is 1.96. The highest BCUT2D eigenvalue weighted by molar-refractivity contribution is 7.99. The summed E-state index contributed by atoms with van der Waals surface area (Å²) in [4.78, 5) is 2.29. The summed E-state index contributed by atoms with van der Waals surface area (Å²) in [6.45, 7) is 2.75. The summed E-state index contributed by atoms with van der Waals surface area (Å²) in [5.74, 6) is 1.74. The third kappa shape index (κ3) is 3.39. The molecule has 7 heteroatoms. The smallest absolute Gasteiger partial charge is 0.232 e. The van der Waals surface area contributed by atoms with Crippen molar-refractivity contribution in [3.05, 3.63) is 29.3 Å². The van der Waals surface area contributed by atoms with E-state index in [0.717, 1.165) is 35.6 Å². The van der Waals surface area contributed by atoms with Crippen molar-refractivity contribution in [2.24, 2.45) is 0 Å². The lowest BCUT2D eigenvalue weighted by atomic mass is 10.3. The predicted molar refractivity (Wildman–Crippen MR) is 90.4 cm³/mol. The summed E-state index contributed by atoms with van der Waals surface area (Å²) in [6.07, 6.45) is 2.41. The second kappa shape index (κ2) is 7.35. The van der Waals surface area contributed by atoms with Gasteiger partial charge in [0.05, 0.1) is 12.3 Å². The first-order valence-corrected chi connectivity index (χ1v) is 8.74. The number of hydrogen-bond donors (Lipinski definition) is 0. The minimum absolute atomic E-state index is 0.687. The third-order valence-electron chi connectivity index (χ3n) is 3.59. The summed E-state index contributed by atoms with van der Waals surface area (Å²) in [5.41, 5.74) is 0.999. The molecule has 22 heavy (non-hydrogen) atoms. The van der Waals surface area contributed by atoms with E-state index in [4.69, 9.17) is 16.3 Å². The maximum atomic E-state index is 6.16. The van der Waals surface area contributed by atoms with Crippen molar-refractivity contribution in [2.45, 2.75) is 18.0 Å². The number of hydrogen-bond acceptors (Lipinski definition) is 5. The molecule has 0 unspecified atom stereocenters. The van der Waals surface area contributed by atoms with Crippen LogP contribution in [0.1, 0.15) is 12.8 Å². The van der Waals surface area contributed by atoms with Crippen molar-refractivity contribution in [3.8, 4) is 5.69 Å². The zero-order valence-electron chi connectivity index (χ0n) is 12.5. The maximum absolute atomic E-state index is 6.16. The maximum Gasteiger partial charge on any atom is 0.232 e. The molecule has 0 spiro atoms. The van der Waals surface area contributed by atoms with Crippen molar-refractivity contribution >= 4 is 29.3 Å². The van der Waals surface area contributed by atoms with Crippen molar-refractivity contribution in [3.63, 3.8) is 0 Å². The Hall–Kier alpha value is -1.24. The van der Waals surface area contributed by atoms with E-state index in [2.05, 4.69) is 19.7 Å². The SMILES string of the molecule is COCCSc1nnc(N2CCCC2)n1-c1cccc(Cl)c1. The zero-order chi connectivity index (χ0) is 15.4. The van der Waals surface area contributed by atoms with Crippen LogP contribution in [0.15, 0.2) is 29.4 Å². The number of halogens is 1. The zero-order valence-corrected chi connectivity index (χ0v) is 14.1. The quantitative estimate of drug-likeness (QED) is 0.597. The number of anilines is 1. The Morgan fingerprint density at radius 1 is 1.27 bits per heavy atom. The van der Waals surface area contributed by atoms with Gasteiger partial charge in [0, 0.05) is 31.0 Å². The lowest BCUT2D eigenvalue weighted by Crippen LogP contribution is -2.22. The summed E-state index contributed by atoms with van der Waals surface area (Å²) >= 11 is 7.80. The van der Waals surface area contributed by atoms with Crippen molar-refractivity contribution in [1.82, 2.24) is 14.8 Å². The lowest BCUT2D eigenvalue weighted by molar-refractivity contribution is 0.218. The number of nitrogens with zero attached hydrogens (tertiary/aromatic N) is 4. The average Bonchev–Trinajstić information content (AvgIpc) is 3.16. The van der Waals surface area contributed by atoms with Gasteiger partial charge in [-0.3, -0.25) is 4.57 Å². The molecule has 3 rings (SSSR count). The molecule has 0 N–H and O–H groups in total. The molecule has 1 aliphatic heterocycles. The number of methoxy groups -OCH3 is 1. The molecule has 0 amide bonds. The molecule has 0 saturated carbocycles. The number of benzene rings is 1. The van der Waals surface area contributed by atoms with Crippen LogP contribution in [0.2, 0.25) is 5.02 Å². The molecule has 118 valence electrons. The third-order valence-corrected chi connectivity index (χ3v) is 4.72. The Kier molecular flexibility index (Phi) is 5.23. The first-order valence-electron chi connectivity index (χ1n) is 7.37. The van der Waals surface area contributed by atoms with Gasteiger partial charge in [0.2, 0.25) is 5.95 Å². The molecular formula is C15H19ClN4OS. The number of ether oxygens (including phenoxy) is 1. The van der Waals surface area contributed by atoms with Crippen LogP contribution >= 0.6 is 23.4 Å². The van der Waals surface area contributed by atoms with Gasteiger partial charge in [0.15, 0.2) is 5.16 Å². The largest absolute Gasteiger partial charge is 0.384 e. The van der Waals surface area contributed by atoms with Gasteiger partial charge in [-0.15, -0.1) is 10.2 Å². The first kappa shape index (κ1) is 15.6. The van der Waals surface area contributed by atoms with Crippen molar-refractivity contribution in [1.29, 1.82) is 0 Å². The van der Waals surface area contributed by atoms with Crippen LogP contribution in [0.4, 0.5) is 5.95 Å². The van der Waals surface area contributed by atoms with Crippen LogP contribution in [0.3, 0.4) is 0 Å². The minimum Gasteiger partial charge on any atom is -0.384 e. The van der Waals surface area contributed by atoms with Gasteiger partial charge in [0.1, 0.15) is 0 Å². The van der Waals surface area contributed by atoms with Crippen LogP contribution in [-0.4, -0.2) is 47.3 Å². The summed E-state index contributed by atoms with van der Waals surface area (Å²) < 4.78 is 7.22. The van der Waals surface area contributed by atoms with Gasteiger partial charge >= 0.3 is 0 Å². The summed E-state index contributed by atoms with van der Waals surface area (Å²) in [7, 11) is 1.71. The molecule has 2 heterocycles. The summed E-state index contributed by atoms with van der Waals surface area (Å²) in [6, 6.07) is 7.82. The predicted octanol–water partition coefficient (Wildman–Crippen LogP) is 3.26. The van der Waals surface area contributed by atoms with E-state index >= 15 is 0 Å². The van der Waals surface area contributed by atoms with Crippen LogP contribution in [0.25, 0.3) is 5.69 Å². The topological polar surface area (TPSA) is 43.2 Å². The Morgan fingerprint density at radius 2 is 2.09 bits per heavy atom. The highest BCUT2D eigenvalue weighted by Crippen LogP contribution is 2.29. The first-order chi connectivity index (χ1) is 10.8. The van der Waals surface area contributed by atoms with E-state index in [-0.39, 0.29) is 0 Å². The van der Waals surface area contributed by atoms with E-state index in [9.17, 15) is 0 Å². The molecule has 0 atom stereocenters. The fourth-order valence-electron chi connectivity index (χ4n) is 2.54. The Bertz CT molecular complexity index is 628. The van der Waals surface area contributed by atoms with Crippen LogP contribution in [0.5, 0.6) is 0 Å². The minimum atomic E-state index is 0.687. The fraction of sp³-hybridized carbons (Fsp3) is 0.467.